The molecule has 0 aliphatic heterocycles. The van der Waals surface area contributed by atoms with E-state index in [4.69, 9.17) is 5.84 Å². The number of benzene rings is 1. The number of hydrogen-bond donors (Lipinski definition) is 2. The van der Waals surface area contributed by atoms with Crippen LogP contribution in [0.4, 0.5) is 4.39 Å². The summed E-state index contributed by atoms with van der Waals surface area (Å²) >= 11 is 3.34. The molecule has 5 heteroatoms. The van der Waals surface area contributed by atoms with Crippen LogP contribution in [0.5, 0.6) is 0 Å². The number of nitrogens with two attached hydrogens (primary N) is 1. The number of pyridine rings is 1. The highest BCUT2D eigenvalue weighted by Gasteiger charge is 2.13. The van der Waals surface area contributed by atoms with Crippen molar-refractivity contribution < 1.29 is 4.39 Å². The van der Waals surface area contributed by atoms with Gasteiger partial charge in [-0.3, -0.25) is 10.8 Å². The van der Waals surface area contributed by atoms with Gasteiger partial charge in [-0.2, -0.15) is 0 Å². The Bertz CT molecular complexity index is 473. The highest BCUT2D eigenvalue weighted by Crippen LogP contribution is 2.23. The molecule has 1 aromatic carbocycles. The maximum atomic E-state index is 13.2. The molecule has 0 aliphatic rings. The van der Waals surface area contributed by atoms with E-state index in [0.29, 0.717) is 0 Å². The molecule has 1 unspecified atom stereocenters. The van der Waals surface area contributed by atoms with Gasteiger partial charge in [0.1, 0.15) is 5.82 Å². The van der Waals surface area contributed by atoms with Crippen LogP contribution in [0.25, 0.3) is 0 Å². The highest BCUT2D eigenvalue weighted by atomic mass is 79.9. The van der Waals surface area contributed by atoms with Crippen molar-refractivity contribution in [3.63, 3.8) is 0 Å². The summed E-state index contributed by atoms with van der Waals surface area (Å²) in [6.07, 6.45) is 3.38. The average molecular weight is 296 g/mol. The number of nitrogens with one attached hydrogen (secondary N) is 1. The molecule has 0 radical (unpaired) electrons. The second-order valence-corrected chi connectivity index (χ2v) is 4.51. The van der Waals surface area contributed by atoms with Gasteiger partial charge in [-0.25, -0.2) is 9.82 Å². The molecule has 0 aliphatic carbocycles. The van der Waals surface area contributed by atoms with Gasteiger partial charge in [-0.1, -0.05) is 12.1 Å². The molecule has 1 atom stereocenters. The van der Waals surface area contributed by atoms with Crippen LogP contribution in [0.3, 0.4) is 0 Å². The Kier molecular flexibility index (Phi) is 3.83. The molecular weight excluding hydrogens is 285 g/mol. The number of aromatic nitrogens is 1. The number of nitrogens with zero attached hydrogens (tertiary/aromatic N) is 1. The van der Waals surface area contributed by atoms with Crippen molar-refractivity contribution in [3.05, 3.63) is 64.1 Å². The summed E-state index contributed by atoms with van der Waals surface area (Å²) in [6, 6.07) is 7.93. The second kappa shape index (κ2) is 5.35. The van der Waals surface area contributed by atoms with E-state index in [0.717, 1.165) is 15.6 Å². The van der Waals surface area contributed by atoms with E-state index in [2.05, 4.69) is 26.3 Å². The SMILES string of the molecule is NNC(c1cccc(F)c1)c1cncc(Br)c1. The number of halogens is 2. The fourth-order valence-electron chi connectivity index (χ4n) is 1.66. The molecule has 2 rings (SSSR count). The zero-order chi connectivity index (χ0) is 12.3. The minimum absolute atomic E-state index is 0.282. The van der Waals surface area contributed by atoms with E-state index in [-0.39, 0.29) is 11.9 Å². The van der Waals surface area contributed by atoms with Crippen LogP contribution < -0.4 is 11.3 Å². The van der Waals surface area contributed by atoms with E-state index >= 15 is 0 Å². The molecule has 0 spiro atoms. The highest BCUT2D eigenvalue weighted by molar-refractivity contribution is 9.10. The summed E-state index contributed by atoms with van der Waals surface area (Å²) < 4.78 is 14.0. The summed E-state index contributed by atoms with van der Waals surface area (Å²) in [5.74, 6) is 5.24. The van der Waals surface area contributed by atoms with Crippen LogP contribution in [0.2, 0.25) is 0 Å². The first kappa shape index (κ1) is 12.2. The third-order valence-electron chi connectivity index (χ3n) is 2.41. The van der Waals surface area contributed by atoms with E-state index in [1.165, 1.54) is 12.1 Å². The van der Waals surface area contributed by atoms with Crippen LogP contribution in [-0.2, 0) is 0 Å². The van der Waals surface area contributed by atoms with Gasteiger partial charge in [0.2, 0.25) is 0 Å². The van der Waals surface area contributed by atoms with Gasteiger partial charge in [-0.05, 0) is 45.3 Å². The van der Waals surface area contributed by atoms with Crippen molar-refractivity contribution in [3.8, 4) is 0 Å². The van der Waals surface area contributed by atoms with Crippen molar-refractivity contribution in [2.24, 2.45) is 5.84 Å². The van der Waals surface area contributed by atoms with Gasteiger partial charge >= 0.3 is 0 Å². The lowest BCUT2D eigenvalue weighted by molar-refractivity contribution is 0.604. The Balaban J connectivity index is 2.40. The molecule has 0 saturated carbocycles. The van der Waals surface area contributed by atoms with E-state index in [9.17, 15) is 4.39 Å². The Morgan fingerprint density at radius 3 is 2.71 bits per heavy atom. The van der Waals surface area contributed by atoms with E-state index in [1.807, 2.05) is 12.1 Å². The smallest absolute Gasteiger partial charge is 0.123 e. The fourth-order valence-corrected chi connectivity index (χ4v) is 2.04. The lowest BCUT2D eigenvalue weighted by Gasteiger charge is -2.16. The zero-order valence-electron chi connectivity index (χ0n) is 8.90. The van der Waals surface area contributed by atoms with Gasteiger partial charge in [0.15, 0.2) is 0 Å². The maximum Gasteiger partial charge on any atom is 0.123 e. The molecule has 0 fully saturated rings. The second-order valence-electron chi connectivity index (χ2n) is 3.59. The van der Waals surface area contributed by atoms with Gasteiger partial charge in [0, 0.05) is 16.9 Å². The quantitative estimate of drug-likeness (QED) is 0.676. The molecule has 88 valence electrons. The molecule has 0 amide bonds. The fraction of sp³-hybridized carbons (Fsp3) is 0.0833. The molecule has 0 saturated heterocycles. The van der Waals surface area contributed by atoms with Crippen molar-refractivity contribution in [2.75, 3.05) is 0 Å². The number of rotatable bonds is 3. The third-order valence-corrected chi connectivity index (χ3v) is 2.84. The standard InChI is InChI=1S/C12H11BrFN3/c13-10-4-9(6-16-7-10)12(17-15)8-2-1-3-11(14)5-8/h1-7,12,17H,15H2. The number of hydrogen-bond acceptors (Lipinski definition) is 3. The molecule has 0 bridgehead atoms. The van der Waals surface area contributed by atoms with Gasteiger partial charge in [0.05, 0.1) is 6.04 Å². The lowest BCUT2D eigenvalue weighted by atomic mass is 10.0. The average Bonchev–Trinajstić information content (AvgIpc) is 2.30. The van der Waals surface area contributed by atoms with Crippen LogP contribution in [0.15, 0.2) is 47.2 Å². The predicted molar refractivity (Wildman–Crippen MR) is 67.5 cm³/mol. The Morgan fingerprint density at radius 2 is 2.06 bits per heavy atom. The summed E-state index contributed by atoms with van der Waals surface area (Å²) in [5, 5.41) is 0. The minimum Gasteiger partial charge on any atom is -0.271 e. The lowest BCUT2D eigenvalue weighted by Crippen LogP contribution is -2.29. The first-order valence-electron chi connectivity index (χ1n) is 5.03. The van der Waals surface area contributed by atoms with Crippen LogP contribution in [0, 0.1) is 5.82 Å². The van der Waals surface area contributed by atoms with Crippen LogP contribution in [-0.4, -0.2) is 4.98 Å². The summed E-state index contributed by atoms with van der Waals surface area (Å²) in [5.41, 5.74) is 4.29. The molecule has 1 aromatic heterocycles. The van der Waals surface area contributed by atoms with Gasteiger partial charge in [-0.15, -0.1) is 0 Å². The van der Waals surface area contributed by atoms with Crippen molar-refractivity contribution >= 4 is 15.9 Å². The molecular formula is C12H11BrFN3. The van der Waals surface area contributed by atoms with Crippen molar-refractivity contribution in [2.45, 2.75) is 6.04 Å². The van der Waals surface area contributed by atoms with Crippen LogP contribution in [0.1, 0.15) is 17.2 Å². The largest absolute Gasteiger partial charge is 0.271 e. The first-order valence-corrected chi connectivity index (χ1v) is 5.82. The maximum absolute atomic E-state index is 13.2. The molecule has 2 aromatic rings. The summed E-state index contributed by atoms with van der Waals surface area (Å²) in [4.78, 5) is 4.06. The first-order chi connectivity index (χ1) is 8.20. The zero-order valence-corrected chi connectivity index (χ0v) is 10.5. The molecule has 3 nitrogen and oxygen atoms in total. The molecule has 1 heterocycles. The minimum atomic E-state index is -0.286. The summed E-state index contributed by atoms with van der Waals surface area (Å²) in [7, 11) is 0. The number of hydrazine groups is 1. The third kappa shape index (κ3) is 2.88. The molecule has 17 heavy (non-hydrogen) atoms. The van der Waals surface area contributed by atoms with Gasteiger partial charge in [0.25, 0.3) is 0 Å². The molecule has 3 N–H and O–H groups in total. The van der Waals surface area contributed by atoms with Crippen molar-refractivity contribution in [1.29, 1.82) is 0 Å². The van der Waals surface area contributed by atoms with Crippen LogP contribution >= 0.6 is 15.9 Å². The normalized spacial score (nSPS) is 12.4. The van der Waals surface area contributed by atoms with Gasteiger partial charge < -0.3 is 0 Å². The monoisotopic (exact) mass is 295 g/mol. The topological polar surface area (TPSA) is 50.9 Å². The summed E-state index contributed by atoms with van der Waals surface area (Å²) in [6.45, 7) is 0. The predicted octanol–water partition coefficient (Wildman–Crippen LogP) is 2.54. The Morgan fingerprint density at radius 1 is 1.24 bits per heavy atom. The van der Waals surface area contributed by atoms with Crippen molar-refractivity contribution in [1.82, 2.24) is 10.4 Å². The Labute approximate surface area is 107 Å². The van der Waals surface area contributed by atoms with E-state index in [1.54, 1.807) is 18.5 Å². The van der Waals surface area contributed by atoms with E-state index < -0.39 is 0 Å². The Hall–Kier alpha value is -1.30.